The monoisotopic (exact) mass is 433 g/mol. The number of rotatable bonds is 7. The Balaban J connectivity index is 1.62. The molecule has 1 aromatic heterocycles. The first kappa shape index (κ1) is 20.9. The molecule has 1 amide bonds. The standard InChI is InChI=1S/C20H20FN3O3S2/c1-3-18-13(2)28-20(22-18)23-19(25)12-14-4-8-16(9-5-14)24-29(26,27)17-10-6-15(21)7-11-17/h4-11,24H,3,12H2,1-2H3,(H,22,23,25). The van der Waals surface area contributed by atoms with Crippen molar-refractivity contribution in [3.63, 3.8) is 0 Å². The van der Waals surface area contributed by atoms with E-state index in [1.54, 1.807) is 24.3 Å². The normalized spacial score (nSPS) is 11.3. The van der Waals surface area contributed by atoms with Gasteiger partial charge in [-0.2, -0.15) is 0 Å². The number of hydrogen-bond donors (Lipinski definition) is 2. The number of benzene rings is 2. The van der Waals surface area contributed by atoms with Crippen LogP contribution in [0.15, 0.2) is 53.4 Å². The smallest absolute Gasteiger partial charge is 0.261 e. The molecule has 0 spiro atoms. The van der Waals surface area contributed by atoms with Crippen molar-refractivity contribution < 1.29 is 17.6 Å². The van der Waals surface area contributed by atoms with Gasteiger partial charge in [-0.3, -0.25) is 9.52 Å². The largest absolute Gasteiger partial charge is 0.302 e. The third-order valence-electron chi connectivity index (χ3n) is 4.17. The van der Waals surface area contributed by atoms with Crippen molar-refractivity contribution in [1.82, 2.24) is 4.98 Å². The number of hydrogen-bond acceptors (Lipinski definition) is 5. The fraction of sp³-hybridized carbons (Fsp3) is 0.200. The summed E-state index contributed by atoms with van der Waals surface area (Å²) in [5.74, 6) is -0.702. The van der Waals surface area contributed by atoms with Crippen LogP contribution in [0.25, 0.3) is 0 Å². The molecule has 2 aromatic carbocycles. The first-order valence-corrected chi connectivity index (χ1v) is 11.2. The van der Waals surface area contributed by atoms with E-state index in [-0.39, 0.29) is 17.2 Å². The highest BCUT2D eigenvalue weighted by Gasteiger charge is 2.14. The van der Waals surface area contributed by atoms with Crippen LogP contribution in [0.1, 0.15) is 23.1 Å². The Morgan fingerprint density at radius 3 is 2.34 bits per heavy atom. The van der Waals surface area contributed by atoms with E-state index in [0.29, 0.717) is 10.8 Å². The molecule has 0 aliphatic heterocycles. The second kappa shape index (κ2) is 8.71. The first-order chi connectivity index (χ1) is 13.8. The number of sulfonamides is 1. The van der Waals surface area contributed by atoms with E-state index in [2.05, 4.69) is 15.0 Å². The van der Waals surface area contributed by atoms with Gasteiger partial charge in [-0.05, 0) is 55.3 Å². The Labute approximate surface area is 172 Å². The van der Waals surface area contributed by atoms with Gasteiger partial charge in [-0.15, -0.1) is 11.3 Å². The number of anilines is 2. The highest BCUT2D eigenvalue weighted by molar-refractivity contribution is 7.92. The molecular weight excluding hydrogens is 413 g/mol. The molecule has 0 radical (unpaired) electrons. The molecule has 0 atom stereocenters. The SMILES string of the molecule is CCc1nc(NC(=O)Cc2ccc(NS(=O)(=O)c3ccc(F)cc3)cc2)sc1C. The molecule has 0 bridgehead atoms. The molecule has 6 nitrogen and oxygen atoms in total. The third-order valence-corrected chi connectivity index (χ3v) is 6.49. The molecular formula is C20H20FN3O3S2. The quantitative estimate of drug-likeness (QED) is 0.586. The van der Waals surface area contributed by atoms with Gasteiger partial charge in [0.1, 0.15) is 5.82 Å². The molecule has 152 valence electrons. The van der Waals surface area contributed by atoms with E-state index in [1.807, 2.05) is 13.8 Å². The first-order valence-electron chi connectivity index (χ1n) is 8.90. The molecule has 0 saturated carbocycles. The van der Waals surface area contributed by atoms with Crippen molar-refractivity contribution in [2.24, 2.45) is 0 Å². The minimum atomic E-state index is -3.81. The van der Waals surface area contributed by atoms with Gasteiger partial charge < -0.3 is 5.32 Å². The van der Waals surface area contributed by atoms with E-state index in [9.17, 15) is 17.6 Å². The number of nitrogens with zero attached hydrogens (tertiary/aromatic N) is 1. The maximum Gasteiger partial charge on any atom is 0.261 e. The van der Waals surface area contributed by atoms with Crippen LogP contribution in [0.4, 0.5) is 15.2 Å². The number of nitrogens with one attached hydrogen (secondary N) is 2. The molecule has 3 aromatic rings. The van der Waals surface area contributed by atoms with Gasteiger partial charge in [0.15, 0.2) is 5.13 Å². The van der Waals surface area contributed by atoms with Crippen molar-refractivity contribution in [3.05, 3.63) is 70.5 Å². The number of thiazole rings is 1. The van der Waals surface area contributed by atoms with Crippen LogP contribution in [0.3, 0.4) is 0 Å². The fourth-order valence-corrected chi connectivity index (χ4v) is 4.65. The van der Waals surface area contributed by atoms with Gasteiger partial charge in [-0.1, -0.05) is 19.1 Å². The van der Waals surface area contributed by atoms with Crippen molar-refractivity contribution in [3.8, 4) is 0 Å². The number of carbonyl (C=O) groups excluding carboxylic acids is 1. The highest BCUT2D eigenvalue weighted by atomic mass is 32.2. The molecule has 0 unspecified atom stereocenters. The van der Waals surface area contributed by atoms with Crippen LogP contribution in [0.5, 0.6) is 0 Å². The number of aryl methyl sites for hydroxylation is 2. The van der Waals surface area contributed by atoms with Gasteiger partial charge in [-0.25, -0.2) is 17.8 Å². The topological polar surface area (TPSA) is 88.2 Å². The predicted octanol–water partition coefficient (Wildman–Crippen LogP) is 4.14. The number of amides is 1. The Kier molecular flexibility index (Phi) is 6.29. The molecule has 0 aliphatic rings. The molecule has 0 fully saturated rings. The van der Waals surface area contributed by atoms with Crippen LogP contribution in [-0.2, 0) is 27.7 Å². The lowest BCUT2D eigenvalue weighted by molar-refractivity contribution is -0.115. The Morgan fingerprint density at radius 1 is 1.10 bits per heavy atom. The van der Waals surface area contributed by atoms with E-state index in [1.165, 1.54) is 23.5 Å². The lowest BCUT2D eigenvalue weighted by Crippen LogP contribution is -2.15. The van der Waals surface area contributed by atoms with Gasteiger partial charge in [0, 0.05) is 10.6 Å². The summed E-state index contributed by atoms with van der Waals surface area (Å²) in [5.41, 5.74) is 2.06. The maximum absolute atomic E-state index is 13.0. The summed E-state index contributed by atoms with van der Waals surface area (Å²) >= 11 is 1.44. The lowest BCUT2D eigenvalue weighted by Gasteiger charge is -2.09. The van der Waals surface area contributed by atoms with Crippen LogP contribution in [-0.4, -0.2) is 19.3 Å². The van der Waals surface area contributed by atoms with Crippen molar-refractivity contribution in [1.29, 1.82) is 0 Å². The summed E-state index contributed by atoms with van der Waals surface area (Å²) in [4.78, 5) is 17.7. The Morgan fingerprint density at radius 2 is 1.76 bits per heavy atom. The number of aromatic nitrogens is 1. The summed E-state index contributed by atoms with van der Waals surface area (Å²) in [6.45, 7) is 3.98. The van der Waals surface area contributed by atoms with Crippen molar-refractivity contribution >= 4 is 38.1 Å². The van der Waals surface area contributed by atoms with E-state index < -0.39 is 15.8 Å². The molecule has 9 heteroatoms. The second-order valence-corrected chi connectivity index (χ2v) is 9.24. The molecule has 29 heavy (non-hydrogen) atoms. The predicted molar refractivity (Wildman–Crippen MR) is 112 cm³/mol. The van der Waals surface area contributed by atoms with Crippen LogP contribution in [0.2, 0.25) is 0 Å². The lowest BCUT2D eigenvalue weighted by atomic mass is 10.1. The second-order valence-electron chi connectivity index (χ2n) is 6.36. The fourth-order valence-electron chi connectivity index (χ4n) is 2.68. The van der Waals surface area contributed by atoms with E-state index in [0.717, 1.165) is 34.7 Å². The van der Waals surface area contributed by atoms with Crippen molar-refractivity contribution in [2.75, 3.05) is 10.0 Å². The zero-order chi connectivity index (χ0) is 21.0. The molecule has 0 aliphatic carbocycles. The number of halogens is 1. The van der Waals surface area contributed by atoms with Crippen LogP contribution >= 0.6 is 11.3 Å². The minimum absolute atomic E-state index is 0.0347. The molecule has 1 heterocycles. The molecule has 0 saturated heterocycles. The zero-order valence-corrected chi connectivity index (χ0v) is 17.5. The average molecular weight is 434 g/mol. The Hall–Kier alpha value is -2.78. The Bertz CT molecular complexity index is 1110. The minimum Gasteiger partial charge on any atom is -0.302 e. The van der Waals surface area contributed by atoms with Crippen LogP contribution < -0.4 is 10.0 Å². The van der Waals surface area contributed by atoms with E-state index in [4.69, 9.17) is 0 Å². The third kappa shape index (κ3) is 5.39. The summed E-state index contributed by atoms with van der Waals surface area (Å²) in [5, 5.41) is 3.37. The number of carbonyl (C=O) groups is 1. The van der Waals surface area contributed by atoms with Crippen molar-refractivity contribution in [2.45, 2.75) is 31.6 Å². The van der Waals surface area contributed by atoms with Gasteiger partial charge in [0.25, 0.3) is 10.0 Å². The van der Waals surface area contributed by atoms with Gasteiger partial charge in [0.05, 0.1) is 17.0 Å². The summed E-state index contributed by atoms with van der Waals surface area (Å²) < 4.78 is 40.1. The zero-order valence-electron chi connectivity index (χ0n) is 15.9. The van der Waals surface area contributed by atoms with E-state index >= 15 is 0 Å². The highest BCUT2D eigenvalue weighted by Crippen LogP contribution is 2.23. The maximum atomic E-state index is 13.0. The van der Waals surface area contributed by atoms with Crippen LogP contribution in [0, 0.1) is 12.7 Å². The molecule has 3 rings (SSSR count). The van der Waals surface area contributed by atoms with Gasteiger partial charge >= 0.3 is 0 Å². The summed E-state index contributed by atoms with van der Waals surface area (Å²) in [6, 6.07) is 11.1. The summed E-state index contributed by atoms with van der Waals surface area (Å²) in [7, 11) is -3.81. The molecule has 2 N–H and O–H groups in total. The summed E-state index contributed by atoms with van der Waals surface area (Å²) in [6.07, 6.45) is 0.957. The average Bonchev–Trinajstić information content (AvgIpc) is 3.02. The van der Waals surface area contributed by atoms with Gasteiger partial charge in [0.2, 0.25) is 5.91 Å².